The van der Waals surface area contributed by atoms with Crippen molar-refractivity contribution in [2.24, 2.45) is 0 Å². The first-order valence-corrected chi connectivity index (χ1v) is 11.5. The molecule has 0 aliphatic heterocycles. The van der Waals surface area contributed by atoms with Crippen LogP contribution in [0.25, 0.3) is 27.8 Å². The van der Waals surface area contributed by atoms with Gasteiger partial charge in [-0.2, -0.15) is 15.2 Å². The molecule has 0 saturated carbocycles. The van der Waals surface area contributed by atoms with Gasteiger partial charge in [0.2, 0.25) is 5.88 Å². The fourth-order valence-corrected chi connectivity index (χ4v) is 4.01. The van der Waals surface area contributed by atoms with Crippen molar-refractivity contribution in [2.45, 2.75) is 32.9 Å². The minimum absolute atomic E-state index is 0.251. The summed E-state index contributed by atoms with van der Waals surface area (Å²) in [6.07, 6.45) is 4.57. The topological polar surface area (TPSA) is 106 Å². The third kappa shape index (κ3) is 4.57. The van der Waals surface area contributed by atoms with Crippen molar-refractivity contribution in [1.29, 1.82) is 0 Å². The maximum absolute atomic E-state index is 12.0. The Morgan fingerprint density at radius 3 is 2.61 bits per heavy atom. The van der Waals surface area contributed by atoms with Gasteiger partial charge in [0.1, 0.15) is 22.4 Å². The highest BCUT2D eigenvalue weighted by Gasteiger charge is 2.25. The number of methoxy groups -OCH3 is 1. The zero-order valence-corrected chi connectivity index (χ0v) is 20.5. The Labute approximate surface area is 207 Å². The molecule has 0 unspecified atom stereocenters. The largest absolute Gasteiger partial charge is 0.486 e. The Bertz CT molecular complexity index is 1550. The molecule has 0 spiro atoms. The number of esters is 1. The van der Waals surface area contributed by atoms with Crippen LogP contribution >= 0.6 is 0 Å². The van der Waals surface area contributed by atoms with Gasteiger partial charge in [0.15, 0.2) is 0 Å². The van der Waals surface area contributed by atoms with Crippen molar-refractivity contribution in [3.8, 4) is 17.6 Å². The second kappa shape index (κ2) is 9.29. The summed E-state index contributed by atoms with van der Waals surface area (Å²) in [5, 5.41) is 11.0. The molecule has 5 rings (SSSR count). The van der Waals surface area contributed by atoms with Crippen LogP contribution in [-0.4, -0.2) is 54.8 Å². The van der Waals surface area contributed by atoms with E-state index in [0.29, 0.717) is 29.0 Å². The van der Waals surface area contributed by atoms with E-state index < -0.39 is 11.6 Å². The van der Waals surface area contributed by atoms with Gasteiger partial charge in [-0.05, 0) is 43.7 Å². The first-order chi connectivity index (χ1) is 17.4. The fourth-order valence-electron chi connectivity index (χ4n) is 4.01. The number of carbonyl (C=O) groups excluding carboxylic acids is 1. The van der Waals surface area contributed by atoms with Gasteiger partial charge in [-0.1, -0.05) is 30.3 Å². The van der Waals surface area contributed by atoms with Crippen molar-refractivity contribution in [1.82, 2.24) is 29.5 Å². The molecular weight excluding hydrogens is 460 g/mol. The average molecular weight is 487 g/mol. The van der Waals surface area contributed by atoms with Crippen LogP contribution < -0.4 is 9.47 Å². The molecule has 5 aromatic rings. The Kier molecular flexibility index (Phi) is 6.01. The SMILES string of the molecule is CCOC(=O)c1cnn(-c2nc(OC)c3c(cnn3CC(C)(C)Oc3ccc4ccccc4c3)n2)c1. The molecule has 0 aliphatic rings. The minimum Gasteiger partial charge on any atom is -0.486 e. The molecule has 0 bridgehead atoms. The van der Waals surface area contributed by atoms with Crippen molar-refractivity contribution in [3.63, 3.8) is 0 Å². The van der Waals surface area contributed by atoms with Crippen LogP contribution in [0.5, 0.6) is 11.6 Å². The molecule has 36 heavy (non-hydrogen) atoms. The summed E-state index contributed by atoms with van der Waals surface area (Å²) in [5.74, 6) is 0.901. The quantitative estimate of drug-likeness (QED) is 0.300. The first-order valence-electron chi connectivity index (χ1n) is 11.5. The summed E-state index contributed by atoms with van der Waals surface area (Å²) < 4.78 is 20.1. The maximum atomic E-state index is 12.0. The molecule has 3 aromatic heterocycles. The molecular formula is C26H26N6O4. The van der Waals surface area contributed by atoms with Gasteiger partial charge in [-0.25, -0.2) is 14.5 Å². The van der Waals surface area contributed by atoms with Gasteiger partial charge in [-0.3, -0.25) is 4.68 Å². The standard InChI is InChI=1S/C26H26N6O4/c1-5-35-24(33)19-13-27-31(15-19)25-29-21-14-28-32(22(21)23(30-25)34-4)16-26(2,3)36-20-11-10-17-8-6-7-9-18(17)12-20/h6-15H,5,16H2,1-4H3. The van der Waals surface area contributed by atoms with E-state index in [4.69, 9.17) is 14.2 Å². The molecule has 0 atom stereocenters. The highest BCUT2D eigenvalue weighted by atomic mass is 16.5. The number of benzene rings is 2. The van der Waals surface area contributed by atoms with Crippen LogP contribution in [0.2, 0.25) is 0 Å². The van der Waals surface area contributed by atoms with Gasteiger partial charge < -0.3 is 14.2 Å². The predicted octanol–water partition coefficient (Wildman–Crippen LogP) is 4.21. The lowest BCUT2D eigenvalue weighted by atomic mass is 10.1. The minimum atomic E-state index is -0.596. The maximum Gasteiger partial charge on any atom is 0.341 e. The normalized spacial score (nSPS) is 11.7. The zero-order chi connectivity index (χ0) is 25.3. The molecule has 0 N–H and O–H groups in total. The highest BCUT2D eigenvalue weighted by Crippen LogP contribution is 2.28. The second-order valence-electron chi connectivity index (χ2n) is 8.83. The summed E-state index contributed by atoms with van der Waals surface area (Å²) in [5.41, 5.74) is 0.922. The van der Waals surface area contributed by atoms with Crippen molar-refractivity contribution in [2.75, 3.05) is 13.7 Å². The lowest BCUT2D eigenvalue weighted by Crippen LogP contribution is -2.34. The van der Waals surface area contributed by atoms with Crippen LogP contribution in [0.15, 0.2) is 61.1 Å². The van der Waals surface area contributed by atoms with Crippen LogP contribution in [-0.2, 0) is 11.3 Å². The van der Waals surface area contributed by atoms with E-state index in [9.17, 15) is 4.79 Å². The first kappa shape index (κ1) is 23.3. The molecule has 10 heteroatoms. The summed E-state index contributed by atoms with van der Waals surface area (Å²) >= 11 is 0. The summed E-state index contributed by atoms with van der Waals surface area (Å²) in [6.45, 7) is 6.45. The number of fused-ring (bicyclic) bond motifs is 2. The molecule has 2 aromatic carbocycles. The Balaban J connectivity index is 1.42. The third-order valence-electron chi connectivity index (χ3n) is 5.58. The fraction of sp³-hybridized carbons (Fsp3) is 0.269. The number of nitrogens with zero attached hydrogens (tertiary/aromatic N) is 6. The lowest BCUT2D eigenvalue weighted by Gasteiger charge is -2.27. The number of hydrogen-bond acceptors (Lipinski definition) is 8. The smallest absolute Gasteiger partial charge is 0.341 e. The van der Waals surface area contributed by atoms with Gasteiger partial charge in [0.05, 0.1) is 38.2 Å². The molecule has 0 aliphatic carbocycles. The van der Waals surface area contributed by atoms with Crippen LogP contribution in [0, 0.1) is 0 Å². The number of hydrogen-bond donors (Lipinski definition) is 0. The number of carbonyl (C=O) groups is 1. The van der Waals surface area contributed by atoms with Crippen LogP contribution in [0.4, 0.5) is 0 Å². The highest BCUT2D eigenvalue weighted by molar-refractivity contribution is 5.89. The summed E-state index contributed by atoms with van der Waals surface area (Å²) in [6, 6.07) is 14.2. The second-order valence-corrected chi connectivity index (χ2v) is 8.83. The van der Waals surface area contributed by atoms with E-state index in [2.05, 4.69) is 32.3 Å². The monoisotopic (exact) mass is 486 g/mol. The molecule has 0 fully saturated rings. The number of aromatic nitrogens is 6. The summed E-state index contributed by atoms with van der Waals surface area (Å²) in [4.78, 5) is 21.1. The molecule has 3 heterocycles. The third-order valence-corrected chi connectivity index (χ3v) is 5.58. The lowest BCUT2D eigenvalue weighted by molar-refractivity contribution is 0.0526. The van der Waals surface area contributed by atoms with Gasteiger partial charge >= 0.3 is 5.97 Å². The Morgan fingerprint density at radius 2 is 1.83 bits per heavy atom. The Hall–Kier alpha value is -4.47. The van der Waals surface area contributed by atoms with Gasteiger partial charge in [-0.15, -0.1) is 0 Å². The average Bonchev–Trinajstić information content (AvgIpc) is 3.51. The van der Waals surface area contributed by atoms with E-state index in [1.807, 2.05) is 44.2 Å². The van der Waals surface area contributed by atoms with E-state index >= 15 is 0 Å². The van der Waals surface area contributed by atoms with Crippen LogP contribution in [0.3, 0.4) is 0 Å². The molecule has 0 amide bonds. The Morgan fingerprint density at radius 1 is 1.03 bits per heavy atom. The molecule has 184 valence electrons. The van der Waals surface area contributed by atoms with E-state index in [0.717, 1.165) is 16.5 Å². The summed E-state index contributed by atoms with van der Waals surface area (Å²) in [7, 11) is 1.53. The van der Waals surface area contributed by atoms with E-state index in [-0.39, 0.29) is 12.6 Å². The van der Waals surface area contributed by atoms with Crippen LogP contribution in [0.1, 0.15) is 31.1 Å². The number of rotatable bonds is 8. The number of ether oxygens (including phenoxy) is 3. The van der Waals surface area contributed by atoms with E-state index in [1.165, 1.54) is 24.2 Å². The van der Waals surface area contributed by atoms with Crippen molar-refractivity contribution in [3.05, 3.63) is 66.6 Å². The van der Waals surface area contributed by atoms with Gasteiger partial charge in [0, 0.05) is 6.20 Å². The van der Waals surface area contributed by atoms with Crippen molar-refractivity contribution >= 4 is 27.8 Å². The van der Waals surface area contributed by atoms with Gasteiger partial charge in [0.25, 0.3) is 5.95 Å². The molecule has 0 saturated heterocycles. The van der Waals surface area contributed by atoms with E-state index in [1.54, 1.807) is 17.8 Å². The van der Waals surface area contributed by atoms with Crippen molar-refractivity contribution < 1.29 is 19.0 Å². The molecule has 0 radical (unpaired) electrons. The predicted molar refractivity (Wildman–Crippen MR) is 134 cm³/mol. The zero-order valence-electron chi connectivity index (χ0n) is 20.5. The molecule has 10 nitrogen and oxygen atoms in total.